The van der Waals surface area contributed by atoms with Crippen molar-refractivity contribution in [3.63, 3.8) is 0 Å². The van der Waals surface area contributed by atoms with E-state index >= 15 is 0 Å². The van der Waals surface area contributed by atoms with Crippen LogP contribution in [-0.4, -0.2) is 33.9 Å². The predicted octanol–water partition coefficient (Wildman–Crippen LogP) is 3.28. The van der Waals surface area contributed by atoms with Gasteiger partial charge < -0.3 is 14.9 Å². The van der Waals surface area contributed by atoms with Crippen molar-refractivity contribution in [2.75, 3.05) is 13.1 Å². The Balaban J connectivity index is 1.66. The summed E-state index contributed by atoms with van der Waals surface area (Å²) in [6, 6.07) is 8.55. The minimum absolute atomic E-state index is 0.0577. The monoisotopic (exact) mass is 349 g/mol. The Labute approximate surface area is 152 Å². The van der Waals surface area contributed by atoms with Gasteiger partial charge in [-0.1, -0.05) is 36.8 Å². The van der Waals surface area contributed by atoms with Gasteiger partial charge in [-0.2, -0.15) is 0 Å². The van der Waals surface area contributed by atoms with E-state index in [1.54, 1.807) is 12.4 Å². The molecule has 3 aromatic rings. The molecule has 4 rings (SSSR count). The quantitative estimate of drug-likeness (QED) is 0.745. The molecule has 0 radical (unpaired) electrons. The number of carbonyl (C=O) groups is 1. The SMILES string of the molecule is Cc1ccc(C2(C)CCN(C(=O)c3c[nH]c4c(C)c[nH]c(=O)c34)C2)cc1. The normalized spacial score (nSPS) is 20.0. The number of aryl methyl sites for hydroxylation is 2. The van der Waals surface area contributed by atoms with Gasteiger partial charge in [-0.05, 0) is 31.4 Å². The van der Waals surface area contributed by atoms with Crippen molar-refractivity contribution in [1.29, 1.82) is 0 Å². The van der Waals surface area contributed by atoms with E-state index < -0.39 is 0 Å². The van der Waals surface area contributed by atoms with Gasteiger partial charge in [-0.15, -0.1) is 0 Å². The maximum atomic E-state index is 13.1. The number of hydrogen-bond donors (Lipinski definition) is 2. The molecule has 5 heteroatoms. The molecule has 3 heterocycles. The number of likely N-dealkylation sites (tertiary alicyclic amines) is 1. The van der Waals surface area contributed by atoms with Crippen molar-refractivity contribution >= 4 is 16.8 Å². The maximum Gasteiger partial charge on any atom is 0.258 e. The number of rotatable bonds is 2. The van der Waals surface area contributed by atoms with Gasteiger partial charge in [0.25, 0.3) is 11.5 Å². The first-order chi connectivity index (χ1) is 12.4. The van der Waals surface area contributed by atoms with Crippen molar-refractivity contribution in [2.45, 2.75) is 32.6 Å². The summed E-state index contributed by atoms with van der Waals surface area (Å²) in [5.74, 6) is -0.0804. The van der Waals surface area contributed by atoms with Crippen molar-refractivity contribution in [1.82, 2.24) is 14.9 Å². The van der Waals surface area contributed by atoms with E-state index in [0.29, 0.717) is 24.0 Å². The summed E-state index contributed by atoms with van der Waals surface area (Å²) < 4.78 is 0. The minimum Gasteiger partial charge on any atom is -0.360 e. The van der Waals surface area contributed by atoms with Gasteiger partial charge in [0.1, 0.15) is 0 Å². The van der Waals surface area contributed by atoms with Crippen LogP contribution in [0.15, 0.2) is 41.5 Å². The number of nitrogens with one attached hydrogen (secondary N) is 2. The summed E-state index contributed by atoms with van der Waals surface area (Å²) in [5, 5.41) is 0.457. The zero-order chi connectivity index (χ0) is 18.5. The first kappa shape index (κ1) is 16.6. The van der Waals surface area contributed by atoms with Gasteiger partial charge in [0.2, 0.25) is 0 Å². The standard InChI is InChI=1S/C21H23N3O2/c1-13-4-6-15(7-5-13)21(3)8-9-24(12-21)20(26)16-11-22-18-14(2)10-23-19(25)17(16)18/h4-7,10-11,22H,8-9,12H2,1-3H3,(H,23,25). The first-order valence-electron chi connectivity index (χ1n) is 8.95. The molecule has 0 bridgehead atoms. The van der Waals surface area contributed by atoms with Crippen LogP contribution >= 0.6 is 0 Å². The van der Waals surface area contributed by atoms with Crippen molar-refractivity contribution in [3.05, 3.63) is 69.3 Å². The molecule has 1 aliphatic rings. The second-order valence-electron chi connectivity index (χ2n) is 7.66. The van der Waals surface area contributed by atoms with E-state index in [1.807, 2.05) is 11.8 Å². The lowest BCUT2D eigenvalue weighted by molar-refractivity contribution is 0.0786. The van der Waals surface area contributed by atoms with Crippen LogP contribution < -0.4 is 5.56 Å². The summed E-state index contributed by atoms with van der Waals surface area (Å²) in [7, 11) is 0. The van der Waals surface area contributed by atoms with Crippen LogP contribution in [0.1, 0.15) is 40.4 Å². The molecule has 0 saturated carbocycles. The molecule has 0 spiro atoms. The topological polar surface area (TPSA) is 69.0 Å². The van der Waals surface area contributed by atoms with Crippen LogP contribution in [0.5, 0.6) is 0 Å². The van der Waals surface area contributed by atoms with Crippen molar-refractivity contribution in [2.24, 2.45) is 0 Å². The molecule has 0 aliphatic carbocycles. The fraction of sp³-hybridized carbons (Fsp3) is 0.333. The second kappa shape index (κ2) is 5.87. The number of amides is 1. The average Bonchev–Trinajstić information content (AvgIpc) is 3.24. The molecule has 1 atom stereocenters. The molecular weight excluding hydrogens is 326 g/mol. The van der Waals surface area contributed by atoms with Crippen LogP contribution in [0, 0.1) is 13.8 Å². The summed E-state index contributed by atoms with van der Waals surface area (Å²) in [6.07, 6.45) is 4.25. The van der Waals surface area contributed by atoms with Crippen LogP contribution in [0.25, 0.3) is 10.9 Å². The largest absolute Gasteiger partial charge is 0.360 e. The van der Waals surface area contributed by atoms with Crippen LogP contribution in [0.2, 0.25) is 0 Å². The third-order valence-corrected chi connectivity index (χ3v) is 5.66. The smallest absolute Gasteiger partial charge is 0.258 e. The summed E-state index contributed by atoms with van der Waals surface area (Å²) in [6.45, 7) is 7.54. The zero-order valence-corrected chi connectivity index (χ0v) is 15.3. The molecule has 1 unspecified atom stereocenters. The van der Waals surface area contributed by atoms with Gasteiger partial charge in [0.15, 0.2) is 0 Å². The lowest BCUT2D eigenvalue weighted by Gasteiger charge is -2.25. The fourth-order valence-corrected chi connectivity index (χ4v) is 3.95. The number of benzene rings is 1. The second-order valence-corrected chi connectivity index (χ2v) is 7.66. The summed E-state index contributed by atoms with van der Waals surface area (Å²) >= 11 is 0. The molecule has 1 fully saturated rings. The number of aromatic amines is 2. The number of fused-ring (bicyclic) bond motifs is 1. The fourth-order valence-electron chi connectivity index (χ4n) is 3.95. The molecule has 1 saturated heterocycles. The lowest BCUT2D eigenvalue weighted by atomic mass is 9.81. The van der Waals surface area contributed by atoms with Crippen LogP contribution in [0.4, 0.5) is 0 Å². The van der Waals surface area contributed by atoms with Gasteiger partial charge in [-0.3, -0.25) is 9.59 Å². The van der Waals surface area contributed by atoms with Gasteiger partial charge in [0, 0.05) is 30.9 Å². The highest BCUT2D eigenvalue weighted by molar-refractivity contribution is 6.07. The van der Waals surface area contributed by atoms with Crippen molar-refractivity contribution in [3.8, 4) is 0 Å². The van der Waals surface area contributed by atoms with E-state index in [-0.39, 0.29) is 16.9 Å². The molecule has 5 nitrogen and oxygen atoms in total. The molecule has 1 aromatic carbocycles. The minimum atomic E-state index is -0.226. The average molecular weight is 349 g/mol. The highest BCUT2D eigenvalue weighted by atomic mass is 16.2. The van der Waals surface area contributed by atoms with Crippen LogP contribution in [0.3, 0.4) is 0 Å². The highest BCUT2D eigenvalue weighted by Crippen LogP contribution is 2.35. The molecule has 2 aromatic heterocycles. The third kappa shape index (κ3) is 2.55. The Morgan fingerprint density at radius 2 is 1.85 bits per heavy atom. The number of aromatic nitrogens is 2. The Bertz CT molecular complexity index is 1050. The Hall–Kier alpha value is -2.82. The van der Waals surface area contributed by atoms with E-state index in [4.69, 9.17) is 0 Å². The molecule has 26 heavy (non-hydrogen) atoms. The summed E-state index contributed by atoms with van der Waals surface area (Å²) in [5.41, 5.74) is 4.32. The Kier molecular flexibility index (Phi) is 3.75. The zero-order valence-electron chi connectivity index (χ0n) is 15.3. The first-order valence-corrected chi connectivity index (χ1v) is 8.95. The van der Waals surface area contributed by atoms with Gasteiger partial charge in [-0.25, -0.2) is 0 Å². The summed E-state index contributed by atoms with van der Waals surface area (Å²) in [4.78, 5) is 33.1. The Morgan fingerprint density at radius 3 is 2.58 bits per heavy atom. The molecule has 2 N–H and O–H groups in total. The van der Waals surface area contributed by atoms with Crippen LogP contribution in [-0.2, 0) is 5.41 Å². The predicted molar refractivity (Wildman–Crippen MR) is 103 cm³/mol. The van der Waals surface area contributed by atoms with E-state index in [1.165, 1.54) is 11.1 Å². The highest BCUT2D eigenvalue weighted by Gasteiger charge is 2.38. The van der Waals surface area contributed by atoms with Gasteiger partial charge >= 0.3 is 0 Å². The molecule has 134 valence electrons. The van der Waals surface area contributed by atoms with Crippen molar-refractivity contribution < 1.29 is 4.79 Å². The third-order valence-electron chi connectivity index (χ3n) is 5.66. The number of H-pyrrole nitrogens is 2. The molecular formula is C21H23N3O2. The van der Waals surface area contributed by atoms with E-state index in [2.05, 4.69) is 48.1 Å². The molecule has 1 amide bonds. The number of nitrogens with zero attached hydrogens (tertiary/aromatic N) is 1. The Morgan fingerprint density at radius 1 is 1.12 bits per heavy atom. The van der Waals surface area contributed by atoms with E-state index in [9.17, 15) is 9.59 Å². The van der Waals surface area contributed by atoms with Gasteiger partial charge in [0.05, 0.1) is 16.5 Å². The number of hydrogen-bond acceptors (Lipinski definition) is 2. The van der Waals surface area contributed by atoms with E-state index in [0.717, 1.165) is 17.5 Å². The maximum absolute atomic E-state index is 13.1. The number of carbonyl (C=O) groups excluding carboxylic acids is 1. The molecule has 1 aliphatic heterocycles. The lowest BCUT2D eigenvalue weighted by Crippen LogP contribution is -2.33. The number of pyridine rings is 1.